The molecule has 2 heterocycles. The topological polar surface area (TPSA) is 12.9 Å². The fourth-order valence-electron chi connectivity index (χ4n) is 1.80. The average molecular weight is 251 g/mol. The minimum Gasteiger partial charge on any atom is -0.244 e. The second kappa shape index (κ2) is 6.16. The highest BCUT2D eigenvalue weighted by atomic mass is 32.1. The maximum atomic E-state index is 4.39. The van der Waals surface area contributed by atoms with Gasteiger partial charge in [-0.2, -0.15) is 0 Å². The zero-order chi connectivity index (χ0) is 11.2. The standard InChI is InChI=1S/C13H17NS2/c1-2-3-4-5-6-11-7-9-15-12(11)13-14-8-10-16-13/h7-10H,2-6H2,1H3. The Balaban J connectivity index is 1.97. The van der Waals surface area contributed by atoms with Crippen molar-refractivity contribution in [1.82, 2.24) is 4.98 Å². The zero-order valence-corrected chi connectivity index (χ0v) is 11.2. The third-order valence-electron chi connectivity index (χ3n) is 2.67. The largest absolute Gasteiger partial charge is 0.244 e. The molecular formula is C13H17NS2. The molecule has 0 radical (unpaired) electrons. The third kappa shape index (κ3) is 2.92. The van der Waals surface area contributed by atoms with Gasteiger partial charge in [-0.15, -0.1) is 22.7 Å². The first-order chi connectivity index (χ1) is 7.92. The molecule has 0 N–H and O–H groups in total. The molecule has 0 bridgehead atoms. The number of unbranched alkanes of at least 4 members (excludes halogenated alkanes) is 3. The number of aryl methyl sites for hydroxylation is 1. The van der Waals surface area contributed by atoms with Crippen LogP contribution in [0.2, 0.25) is 0 Å². The summed E-state index contributed by atoms with van der Waals surface area (Å²) in [5.74, 6) is 0. The monoisotopic (exact) mass is 251 g/mol. The molecule has 2 rings (SSSR count). The van der Waals surface area contributed by atoms with Crippen molar-refractivity contribution in [2.75, 3.05) is 0 Å². The van der Waals surface area contributed by atoms with Crippen molar-refractivity contribution in [3.63, 3.8) is 0 Å². The normalized spacial score (nSPS) is 10.8. The zero-order valence-electron chi connectivity index (χ0n) is 9.61. The van der Waals surface area contributed by atoms with E-state index in [2.05, 4.69) is 28.7 Å². The first kappa shape index (κ1) is 11.8. The summed E-state index contributed by atoms with van der Waals surface area (Å²) >= 11 is 3.56. The van der Waals surface area contributed by atoms with Gasteiger partial charge >= 0.3 is 0 Å². The van der Waals surface area contributed by atoms with Crippen molar-refractivity contribution in [3.05, 3.63) is 28.6 Å². The maximum absolute atomic E-state index is 4.39. The van der Waals surface area contributed by atoms with E-state index in [4.69, 9.17) is 0 Å². The fraction of sp³-hybridized carbons (Fsp3) is 0.462. The highest BCUT2D eigenvalue weighted by Crippen LogP contribution is 2.31. The molecular weight excluding hydrogens is 234 g/mol. The van der Waals surface area contributed by atoms with Crippen LogP contribution in [0.25, 0.3) is 9.88 Å². The summed E-state index contributed by atoms with van der Waals surface area (Å²) in [5.41, 5.74) is 1.48. The lowest BCUT2D eigenvalue weighted by atomic mass is 10.1. The van der Waals surface area contributed by atoms with E-state index >= 15 is 0 Å². The number of aromatic nitrogens is 1. The van der Waals surface area contributed by atoms with E-state index in [1.807, 2.05) is 17.5 Å². The van der Waals surface area contributed by atoms with Gasteiger partial charge in [0, 0.05) is 11.6 Å². The van der Waals surface area contributed by atoms with Gasteiger partial charge in [0.1, 0.15) is 5.01 Å². The summed E-state index contributed by atoms with van der Waals surface area (Å²) in [6.45, 7) is 2.26. The summed E-state index contributed by atoms with van der Waals surface area (Å²) < 4.78 is 0. The van der Waals surface area contributed by atoms with Gasteiger partial charge in [-0.25, -0.2) is 4.98 Å². The summed E-state index contributed by atoms with van der Waals surface area (Å²) in [5, 5.41) is 5.42. The van der Waals surface area contributed by atoms with Gasteiger partial charge in [-0.05, 0) is 29.9 Å². The Kier molecular flexibility index (Phi) is 4.55. The molecule has 0 saturated heterocycles. The van der Waals surface area contributed by atoms with Gasteiger partial charge in [-0.3, -0.25) is 0 Å². The molecule has 0 aromatic carbocycles. The lowest BCUT2D eigenvalue weighted by Crippen LogP contribution is -1.85. The highest BCUT2D eigenvalue weighted by molar-refractivity contribution is 7.20. The van der Waals surface area contributed by atoms with Gasteiger partial charge in [0.25, 0.3) is 0 Å². The lowest BCUT2D eigenvalue weighted by molar-refractivity contribution is 0.668. The molecule has 0 spiro atoms. The van der Waals surface area contributed by atoms with Crippen LogP contribution in [0.3, 0.4) is 0 Å². The fourth-order valence-corrected chi connectivity index (χ4v) is 3.54. The summed E-state index contributed by atoms with van der Waals surface area (Å²) in [4.78, 5) is 5.77. The molecule has 0 aliphatic carbocycles. The Morgan fingerprint density at radius 2 is 2.06 bits per heavy atom. The molecule has 2 aromatic heterocycles. The number of hydrogen-bond donors (Lipinski definition) is 0. The molecule has 0 saturated carbocycles. The lowest BCUT2D eigenvalue weighted by Gasteiger charge is -2.01. The van der Waals surface area contributed by atoms with E-state index in [1.165, 1.54) is 47.6 Å². The quantitative estimate of drug-likeness (QED) is 0.659. The highest BCUT2D eigenvalue weighted by Gasteiger charge is 2.08. The number of thiophene rings is 1. The van der Waals surface area contributed by atoms with Crippen LogP contribution in [-0.2, 0) is 6.42 Å². The van der Waals surface area contributed by atoms with Crippen molar-refractivity contribution in [3.8, 4) is 9.88 Å². The van der Waals surface area contributed by atoms with Gasteiger partial charge in [0.15, 0.2) is 0 Å². The van der Waals surface area contributed by atoms with Crippen LogP contribution in [0, 0.1) is 0 Å². The number of hydrogen-bond acceptors (Lipinski definition) is 3. The van der Waals surface area contributed by atoms with Crippen LogP contribution in [0.5, 0.6) is 0 Å². The molecule has 3 heteroatoms. The Morgan fingerprint density at radius 1 is 1.12 bits per heavy atom. The molecule has 0 atom stereocenters. The molecule has 0 aliphatic rings. The molecule has 0 unspecified atom stereocenters. The van der Waals surface area contributed by atoms with E-state index in [0.29, 0.717) is 0 Å². The molecule has 86 valence electrons. The van der Waals surface area contributed by atoms with Crippen molar-refractivity contribution >= 4 is 22.7 Å². The molecule has 2 aromatic rings. The van der Waals surface area contributed by atoms with E-state index in [0.717, 1.165) is 0 Å². The predicted molar refractivity (Wildman–Crippen MR) is 73.3 cm³/mol. The van der Waals surface area contributed by atoms with Gasteiger partial charge in [-0.1, -0.05) is 26.2 Å². The van der Waals surface area contributed by atoms with Crippen molar-refractivity contribution in [1.29, 1.82) is 0 Å². The molecule has 0 aliphatic heterocycles. The summed E-state index contributed by atoms with van der Waals surface area (Å²) in [7, 11) is 0. The number of thiazole rings is 1. The smallest absolute Gasteiger partial charge is 0.133 e. The third-order valence-corrected chi connectivity index (χ3v) is 4.56. The van der Waals surface area contributed by atoms with Gasteiger partial charge in [0.05, 0.1) is 4.88 Å². The Labute approximate surface area is 105 Å². The van der Waals surface area contributed by atoms with E-state index < -0.39 is 0 Å². The molecule has 0 amide bonds. The number of nitrogens with zero attached hydrogens (tertiary/aromatic N) is 1. The molecule has 0 fully saturated rings. The average Bonchev–Trinajstić information content (AvgIpc) is 2.94. The van der Waals surface area contributed by atoms with Gasteiger partial charge < -0.3 is 0 Å². The minimum absolute atomic E-state index is 1.18. The van der Waals surface area contributed by atoms with Crippen LogP contribution in [-0.4, -0.2) is 4.98 Å². The second-order valence-corrected chi connectivity index (χ2v) is 5.73. The molecule has 1 nitrogen and oxygen atoms in total. The van der Waals surface area contributed by atoms with Crippen LogP contribution in [0.15, 0.2) is 23.0 Å². The SMILES string of the molecule is CCCCCCc1ccsc1-c1nccs1. The van der Waals surface area contributed by atoms with E-state index in [9.17, 15) is 0 Å². The van der Waals surface area contributed by atoms with Crippen LogP contribution < -0.4 is 0 Å². The summed E-state index contributed by atoms with van der Waals surface area (Å²) in [6.07, 6.45) is 8.42. The minimum atomic E-state index is 1.18. The summed E-state index contributed by atoms with van der Waals surface area (Å²) in [6, 6.07) is 2.26. The van der Waals surface area contributed by atoms with E-state index in [1.54, 1.807) is 11.3 Å². The first-order valence-corrected chi connectivity index (χ1v) is 7.64. The van der Waals surface area contributed by atoms with Crippen molar-refractivity contribution in [2.24, 2.45) is 0 Å². The number of rotatable bonds is 6. The van der Waals surface area contributed by atoms with Crippen molar-refractivity contribution in [2.45, 2.75) is 39.0 Å². The maximum Gasteiger partial charge on any atom is 0.133 e. The van der Waals surface area contributed by atoms with Crippen LogP contribution >= 0.6 is 22.7 Å². The second-order valence-electron chi connectivity index (χ2n) is 3.92. The first-order valence-electron chi connectivity index (χ1n) is 5.88. The Hall–Kier alpha value is -0.670. The van der Waals surface area contributed by atoms with Gasteiger partial charge in [0.2, 0.25) is 0 Å². The molecule has 16 heavy (non-hydrogen) atoms. The van der Waals surface area contributed by atoms with Crippen LogP contribution in [0.4, 0.5) is 0 Å². The Bertz CT molecular complexity index is 403. The van der Waals surface area contributed by atoms with Crippen LogP contribution in [0.1, 0.15) is 38.2 Å². The Morgan fingerprint density at radius 3 is 2.81 bits per heavy atom. The van der Waals surface area contributed by atoms with Crippen molar-refractivity contribution < 1.29 is 0 Å². The van der Waals surface area contributed by atoms with E-state index in [-0.39, 0.29) is 0 Å². The predicted octanol–water partition coefficient (Wildman–Crippen LogP) is 4.99.